The van der Waals surface area contributed by atoms with Gasteiger partial charge in [0, 0.05) is 21.5 Å². The Kier molecular flexibility index (Phi) is 3.72. The Hall–Kier alpha value is -2.88. The molecule has 0 spiro atoms. The van der Waals surface area contributed by atoms with Crippen molar-refractivity contribution in [3.63, 3.8) is 0 Å². The maximum Gasteiger partial charge on any atom is 0.130 e. The van der Waals surface area contributed by atoms with E-state index in [9.17, 15) is 0 Å². The predicted molar refractivity (Wildman–Crippen MR) is 106 cm³/mol. The zero-order valence-electron chi connectivity index (χ0n) is 15.9. The minimum absolute atomic E-state index is 0.802. The van der Waals surface area contributed by atoms with Crippen LogP contribution in [0.25, 0.3) is 32.3 Å². The van der Waals surface area contributed by atoms with Crippen molar-refractivity contribution in [2.45, 2.75) is 13.8 Å². The summed E-state index contributed by atoms with van der Waals surface area (Å²) in [5.74, 6) is 3.33. The third-order valence-electron chi connectivity index (χ3n) is 5.33. The van der Waals surface area contributed by atoms with Crippen molar-refractivity contribution in [2.24, 2.45) is 0 Å². The highest BCUT2D eigenvalue weighted by molar-refractivity contribution is 6.28. The third-order valence-corrected chi connectivity index (χ3v) is 5.33. The van der Waals surface area contributed by atoms with E-state index >= 15 is 0 Å². The summed E-state index contributed by atoms with van der Waals surface area (Å²) in [6.45, 7) is 4.15. The Morgan fingerprint density at radius 2 is 0.846 bits per heavy atom. The van der Waals surface area contributed by atoms with E-state index in [1.807, 2.05) is 12.1 Å². The van der Waals surface area contributed by atoms with Gasteiger partial charge < -0.3 is 18.9 Å². The van der Waals surface area contributed by atoms with E-state index in [1.165, 1.54) is 10.8 Å². The van der Waals surface area contributed by atoms with E-state index in [0.29, 0.717) is 0 Å². The number of aryl methyl sites for hydroxylation is 2. The molecule has 4 rings (SSSR count). The monoisotopic (exact) mass is 350 g/mol. The maximum absolute atomic E-state index is 5.80. The van der Waals surface area contributed by atoms with E-state index in [2.05, 4.69) is 26.0 Å². The molecule has 0 saturated heterocycles. The predicted octanol–water partition coefficient (Wildman–Crippen LogP) is 5.24. The molecule has 4 aromatic rings. The van der Waals surface area contributed by atoms with Crippen LogP contribution in [0.2, 0.25) is 0 Å². The molecule has 0 atom stereocenters. The standard InChI is InChI=1S/C22H22O4/c1-11-15-7-13(23-3)10-18-19(15)20-16(12(2)22(18)26-6)8-14(24-4)9-17(20)21(11)25-5/h7-10H,1-6H3. The van der Waals surface area contributed by atoms with E-state index < -0.39 is 0 Å². The van der Waals surface area contributed by atoms with Crippen molar-refractivity contribution < 1.29 is 18.9 Å². The van der Waals surface area contributed by atoms with Gasteiger partial charge in [-0.3, -0.25) is 0 Å². The van der Waals surface area contributed by atoms with Crippen LogP contribution in [-0.2, 0) is 0 Å². The minimum atomic E-state index is 0.802. The Morgan fingerprint density at radius 3 is 1.15 bits per heavy atom. The van der Waals surface area contributed by atoms with Gasteiger partial charge in [-0.05, 0) is 60.0 Å². The molecule has 0 unspecified atom stereocenters. The van der Waals surface area contributed by atoms with Crippen molar-refractivity contribution in [1.29, 1.82) is 0 Å². The van der Waals surface area contributed by atoms with Gasteiger partial charge in [-0.2, -0.15) is 0 Å². The van der Waals surface area contributed by atoms with Gasteiger partial charge in [-0.1, -0.05) is 0 Å². The molecule has 0 aliphatic carbocycles. The number of hydrogen-bond donors (Lipinski definition) is 0. The molecule has 4 aromatic carbocycles. The van der Waals surface area contributed by atoms with Crippen LogP contribution in [0, 0.1) is 13.8 Å². The van der Waals surface area contributed by atoms with Gasteiger partial charge in [0.15, 0.2) is 0 Å². The summed E-state index contributed by atoms with van der Waals surface area (Å²) >= 11 is 0. The maximum atomic E-state index is 5.80. The number of rotatable bonds is 4. The van der Waals surface area contributed by atoms with Gasteiger partial charge in [-0.15, -0.1) is 0 Å². The van der Waals surface area contributed by atoms with Crippen LogP contribution in [0.3, 0.4) is 0 Å². The molecule has 26 heavy (non-hydrogen) atoms. The second-order valence-electron chi connectivity index (χ2n) is 6.51. The first kappa shape index (κ1) is 16.6. The molecule has 4 nitrogen and oxygen atoms in total. The molecule has 0 heterocycles. The summed E-state index contributed by atoms with van der Waals surface area (Å²) in [6.07, 6.45) is 0. The topological polar surface area (TPSA) is 36.9 Å². The van der Waals surface area contributed by atoms with Crippen LogP contribution >= 0.6 is 0 Å². The number of methoxy groups -OCH3 is 4. The molecule has 0 fully saturated rings. The van der Waals surface area contributed by atoms with Gasteiger partial charge >= 0.3 is 0 Å². The Bertz CT molecular complexity index is 1050. The zero-order valence-corrected chi connectivity index (χ0v) is 15.9. The van der Waals surface area contributed by atoms with E-state index in [4.69, 9.17) is 18.9 Å². The lowest BCUT2D eigenvalue weighted by molar-refractivity contribution is 0.409. The van der Waals surface area contributed by atoms with Crippen molar-refractivity contribution in [2.75, 3.05) is 28.4 Å². The summed E-state index contributed by atoms with van der Waals surface area (Å²) in [6, 6.07) is 8.22. The van der Waals surface area contributed by atoms with E-state index in [1.54, 1.807) is 28.4 Å². The molecular formula is C22H22O4. The molecule has 0 aromatic heterocycles. The molecule has 0 amide bonds. The SMILES string of the molecule is COc1cc2c(C)c(OC)c3cc(OC)cc4c(C)c(OC)c(c1)c2c43. The lowest BCUT2D eigenvalue weighted by atomic mass is 9.87. The Balaban J connectivity index is 2.41. The Labute approximate surface area is 152 Å². The van der Waals surface area contributed by atoms with Crippen LogP contribution < -0.4 is 18.9 Å². The van der Waals surface area contributed by atoms with Crippen LogP contribution in [0.15, 0.2) is 24.3 Å². The largest absolute Gasteiger partial charge is 0.497 e. The van der Waals surface area contributed by atoms with Crippen LogP contribution in [-0.4, -0.2) is 28.4 Å². The number of benzene rings is 4. The average Bonchev–Trinajstić information content (AvgIpc) is 2.67. The number of ether oxygens (including phenoxy) is 4. The van der Waals surface area contributed by atoms with E-state index in [0.717, 1.165) is 55.7 Å². The summed E-state index contributed by atoms with van der Waals surface area (Å²) in [5, 5.41) is 6.65. The number of hydrogen-bond acceptors (Lipinski definition) is 4. The van der Waals surface area contributed by atoms with Gasteiger partial charge in [0.1, 0.15) is 23.0 Å². The normalized spacial score (nSPS) is 11.5. The minimum Gasteiger partial charge on any atom is -0.497 e. The van der Waals surface area contributed by atoms with Crippen LogP contribution in [0.4, 0.5) is 0 Å². The van der Waals surface area contributed by atoms with Gasteiger partial charge in [-0.25, -0.2) is 0 Å². The summed E-state index contributed by atoms with van der Waals surface area (Å²) < 4.78 is 22.7. The first-order valence-electron chi connectivity index (χ1n) is 8.51. The molecule has 0 radical (unpaired) electrons. The molecule has 0 aliphatic heterocycles. The quantitative estimate of drug-likeness (QED) is 0.472. The van der Waals surface area contributed by atoms with Crippen LogP contribution in [0.5, 0.6) is 23.0 Å². The third kappa shape index (κ3) is 2.02. The van der Waals surface area contributed by atoms with Crippen molar-refractivity contribution in [3.05, 3.63) is 35.4 Å². The second-order valence-corrected chi connectivity index (χ2v) is 6.51. The van der Waals surface area contributed by atoms with Gasteiger partial charge in [0.25, 0.3) is 0 Å². The fraction of sp³-hybridized carbons (Fsp3) is 0.273. The highest BCUT2D eigenvalue weighted by Gasteiger charge is 2.22. The first-order chi connectivity index (χ1) is 12.5. The molecule has 0 saturated carbocycles. The highest BCUT2D eigenvalue weighted by atomic mass is 16.5. The lowest BCUT2D eigenvalue weighted by Gasteiger charge is -2.22. The van der Waals surface area contributed by atoms with Gasteiger partial charge in [0.05, 0.1) is 28.4 Å². The average molecular weight is 350 g/mol. The lowest BCUT2D eigenvalue weighted by Crippen LogP contribution is -1.99. The molecular weight excluding hydrogens is 328 g/mol. The fourth-order valence-electron chi connectivity index (χ4n) is 4.13. The van der Waals surface area contributed by atoms with Gasteiger partial charge in [0.2, 0.25) is 0 Å². The van der Waals surface area contributed by atoms with Crippen molar-refractivity contribution >= 4 is 32.3 Å². The Morgan fingerprint density at radius 1 is 0.500 bits per heavy atom. The molecule has 0 N–H and O–H groups in total. The highest BCUT2D eigenvalue weighted by Crippen LogP contribution is 2.49. The summed E-state index contributed by atoms with van der Waals surface area (Å²) in [4.78, 5) is 0. The first-order valence-corrected chi connectivity index (χ1v) is 8.51. The van der Waals surface area contributed by atoms with Crippen LogP contribution in [0.1, 0.15) is 11.1 Å². The summed E-state index contributed by atoms with van der Waals surface area (Å²) in [7, 11) is 6.79. The smallest absolute Gasteiger partial charge is 0.130 e. The van der Waals surface area contributed by atoms with E-state index in [-0.39, 0.29) is 0 Å². The fourth-order valence-corrected chi connectivity index (χ4v) is 4.13. The second kappa shape index (κ2) is 5.84. The van der Waals surface area contributed by atoms with Crippen molar-refractivity contribution in [1.82, 2.24) is 0 Å². The van der Waals surface area contributed by atoms with Crippen molar-refractivity contribution in [3.8, 4) is 23.0 Å². The molecule has 4 heteroatoms. The zero-order chi connectivity index (χ0) is 18.6. The summed E-state index contributed by atoms with van der Waals surface area (Å²) in [5.41, 5.74) is 2.15. The molecule has 0 aliphatic rings. The molecule has 0 bridgehead atoms. The molecule has 134 valence electrons.